The highest BCUT2D eigenvalue weighted by Crippen LogP contribution is 2.39. The number of aryl methyl sites for hydroxylation is 2. The Morgan fingerprint density at radius 1 is 1.12 bits per heavy atom. The maximum Gasteiger partial charge on any atom is 0.227 e. The van der Waals surface area contributed by atoms with Gasteiger partial charge in [0.15, 0.2) is 11.6 Å². The van der Waals surface area contributed by atoms with Gasteiger partial charge in [0.25, 0.3) is 0 Å². The molecule has 0 saturated carbocycles. The summed E-state index contributed by atoms with van der Waals surface area (Å²) in [5.41, 5.74) is 4.82. The maximum atomic E-state index is 14.0. The van der Waals surface area contributed by atoms with Gasteiger partial charge in [-0.05, 0) is 56.0 Å². The average molecular weight is 465 g/mol. The summed E-state index contributed by atoms with van der Waals surface area (Å²) in [5, 5.41) is 4.06. The quantitative estimate of drug-likeness (QED) is 0.357. The zero-order valence-corrected chi connectivity index (χ0v) is 19.6. The molecule has 4 aromatic rings. The second-order valence-electron chi connectivity index (χ2n) is 9.29. The van der Waals surface area contributed by atoms with Crippen molar-refractivity contribution >= 4 is 22.6 Å². The van der Waals surface area contributed by atoms with E-state index >= 15 is 0 Å². The van der Waals surface area contributed by atoms with Crippen molar-refractivity contribution in [2.24, 2.45) is 5.92 Å². The minimum atomic E-state index is -0.976. The molecule has 2 aromatic heterocycles. The number of rotatable bonds is 5. The lowest BCUT2D eigenvalue weighted by molar-refractivity contribution is -0.117. The molecule has 1 saturated heterocycles. The molecule has 1 amide bonds. The summed E-state index contributed by atoms with van der Waals surface area (Å²) in [7, 11) is 0. The van der Waals surface area contributed by atoms with E-state index in [9.17, 15) is 13.6 Å². The zero-order valence-electron chi connectivity index (χ0n) is 19.6. The average Bonchev–Trinajstić information content (AvgIpc) is 3.44. The van der Waals surface area contributed by atoms with E-state index in [0.717, 1.165) is 51.6 Å². The smallest absolute Gasteiger partial charge is 0.227 e. The van der Waals surface area contributed by atoms with Crippen molar-refractivity contribution in [2.75, 3.05) is 4.90 Å². The molecule has 0 unspecified atom stereocenters. The number of nitrogens with zero attached hydrogens (tertiary/aromatic N) is 4. The third-order valence-electron chi connectivity index (χ3n) is 6.34. The van der Waals surface area contributed by atoms with Crippen molar-refractivity contribution in [3.63, 3.8) is 0 Å². The number of halogens is 2. The Bertz CT molecular complexity index is 1390. The van der Waals surface area contributed by atoms with Crippen molar-refractivity contribution in [3.8, 4) is 11.1 Å². The second kappa shape index (κ2) is 8.34. The maximum absolute atomic E-state index is 14.0. The minimum absolute atomic E-state index is 0.129. The van der Waals surface area contributed by atoms with E-state index < -0.39 is 11.6 Å². The van der Waals surface area contributed by atoms with Crippen LogP contribution in [-0.4, -0.2) is 20.6 Å². The van der Waals surface area contributed by atoms with Crippen LogP contribution in [0.2, 0.25) is 0 Å². The van der Waals surface area contributed by atoms with Gasteiger partial charge in [0.2, 0.25) is 5.91 Å². The van der Waals surface area contributed by atoms with Crippen LogP contribution in [0.15, 0.2) is 40.9 Å². The molecule has 34 heavy (non-hydrogen) atoms. The van der Waals surface area contributed by atoms with Gasteiger partial charge >= 0.3 is 0 Å². The van der Waals surface area contributed by atoms with Crippen LogP contribution in [0.4, 0.5) is 14.5 Å². The van der Waals surface area contributed by atoms with E-state index in [1.807, 2.05) is 32.0 Å². The fraction of sp³-hybridized carbons (Fsp3) is 0.346. The van der Waals surface area contributed by atoms with Crippen molar-refractivity contribution < 1.29 is 18.1 Å². The molecule has 1 fully saturated rings. The van der Waals surface area contributed by atoms with Crippen molar-refractivity contribution in [1.82, 2.24) is 14.7 Å². The van der Waals surface area contributed by atoms with Gasteiger partial charge in [-0.3, -0.25) is 4.79 Å². The Hall–Kier alpha value is -3.55. The number of fused-ring (bicyclic) bond motifs is 1. The molecule has 5 rings (SSSR count). The Kier molecular flexibility index (Phi) is 5.46. The molecule has 8 heteroatoms. The van der Waals surface area contributed by atoms with Gasteiger partial charge in [0.1, 0.15) is 11.6 Å². The van der Waals surface area contributed by atoms with Crippen LogP contribution in [0.3, 0.4) is 0 Å². The van der Waals surface area contributed by atoms with Crippen LogP contribution in [0.25, 0.3) is 22.2 Å². The zero-order chi connectivity index (χ0) is 24.1. The van der Waals surface area contributed by atoms with E-state index in [0.29, 0.717) is 31.0 Å². The monoisotopic (exact) mass is 464 g/mol. The van der Waals surface area contributed by atoms with E-state index in [-0.39, 0.29) is 11.9 Å². The molecule has 1 atom stereocenters. The van der Waals surface area contributed by atoms with E-state index in [1.165, 1.54) is 6.07 Å². The molecule has 1 aliphatic rings. The number of hydrogen-bond acceptors (Lipinski definition) is 4. The molecule has 2 aromatic carbocycles. The number of anilines is 1. The topological polar surface area (TPSA) is 64.2 Å². The first-order chi connectivity index (χ1) is 16.2. The molecule has 0 N–H and O–H groups in total. The largest absolute Gasteiger partial charge is 0.361 e. The number of carbonyl (C=O) groups excluding carboxylic acids is 1. The molecule has 3 heterocycles. The third kappa shape index (κ3) is 3.67. The predicted molar refractivity (Wildman–Crippen MR) is 125 cm³/mol. The van der Waals surface area contributed by atoms with Crippen LogP contribution in [0.5, 0.6) is 0 Å². The standard InChI is InChI=1S/C26H26F2N4O2/c1-14(2)13-31-22-8-5-17(25-15(3)30-34-16(25)4)11-21(22)29-26(31)23-9-10-24(33)32(23)18-6-7-19(27)20(28)12-18/h5-8,11-12,14,23H,9-10,13H2,1-4H3/t23-/m0/s1. The summed E-state index contributed by atoms with van der Waals surface area (Å²) < 4.78 is 35.0. The molecular weight excluding hydrogens is 438 g/mol. The van der Waals surface area contributed by atoms with Gasteiger partial charge in [-0.1, -0.05) is 25.1 Å². The summed E-state index contributed by atoms with van der Waals surface area (Å²) in [6, 6.07) is 9.29. The summed E-state index contributed by atoms with van der Waals surface area (Å²) in [6.07, 6.45) is 0.870. The SMILES string of the molecule is Cc1noc(C)c1-c1ccc2c(c1)nc([C@@H]1CCC(=O)N1c1ccc(F)c(F)c1)n2CC(C)C. The van der Waals surface area contributed by atoms with E-state index in [1.54, 1.807) is 4.90 Å². The minimum Gasteiger partial charge on any atom is -0.361 e. The van der Waals surface area contributed by atoms with Gasteiger partial charge < -0.3 is 14.0 Å². The Morgan fingerprint density at radius 2 is 1.91 bits per heavy atom. The first kappa shape index (κ1) is 22.3. The highest BCUT2D eigenvalue weighted by atomic mass is 19.2. The van der Waals surface area contributed by atoms with Crippen molar-refractivity contribution in [3.05, 3.63) is 65.3 Å². The van der Waals surface area contributed by atoms with Crippen LogP contribution >= 0.6 is 0 Å². The highest BCUT2D eigenvalue weighted by molar-refractivity contribution is 5.96. The Labute approximate surface area is 196 Å². The van der Waals surface area contributed by atoms with Crippen LogP contribution < -0.4 is 4.90 Å². The first-order valence-electron chi connectivity index (χ1n) is 11.4. The lowest BCUT2D eigenvalue weighted by atomic mass is 10.0. The molecule has 176 valence electrons. The van der Waals surface area contributed by atoms with Crippen molar-refractivity contribution in [1.29, 1.82) is 0 Å². The summed E-state index contributed by atoms with van der Waals surface area (Å²) in [4.78, 5) is 19.4. The van der Waals surface area contributed by atoms with Gasteiger partial charge in [-0.25, -0.2) is 13.8 Å². The Morgan fingerprint density at radius 3 is 2.59 bits per heavy atom. The summed E-state index contributed by atoms with van der Waals surface area (Å²) >= 11 is 0. The molecule has 0 aliphatic carbocycles. The fourth-order valence-corrected chi connectivity index (χ4v) is 4.90. The van der Waals surface area contributed by atoms with Gasteiger partial charge in [0.05, 0.1) is 22.8 Å². The first-order valence-corrected chi connectivity index (χ1v) is 11.4. The van der Waals surface area contributed by atoms with E-state index in [2.05, 4.69) is 23.6 Å². The van der Waals surface area contributed by atoms with Gasteiger partial charge in [-0.15, -0.1) is 0 Å². The number of carbonyl (C=O) groups is 1. The van der Waals surface area contributed by atoms with Crippen molar-refractivity contribution in [2.45, 2.75) is 53.1 Å². The predicted octanol–water partition coefficient (Wildman–Crippen LogP) is 6.11. The lowest BCUT2D eigenvalue weighted by Gasteiger charge is -2.26. The molecule has 0 bridgehead atoms. The lowest BCUT2D eigenvalue weighted by Crippen LogP contribution is -2.29. The van der Waals surface area contributed by atoms with E-state index in [4.69, 9.17) is 9.51 Å². The number of amides is 1. The number of imidazole rings is 1. The summed E-state index contributed by atoms with van der Waals surface area (Å²) in [6.45, 7) is 8.75. The molecule has 0 spiro atoms. The second-order valence-corrected chi connectivity index (χ2v) is 9.29. The van der Waals surface area contributed by atoms with Crippen LogP contribution in [-0.2, 0) is 11.3 Å². The summed E-state index contributed by atoms with van der Waals surface area (Å²) in [5.74, 6) is -0.218. The number of benzene rings is 2. The van der Waals surface area contributed by atoms with Crippen LogP contribution in [0.1, 0.15) is 50.0 Å². The molecule has 1 aliphatic heterocycles. The van der Waals surface area contributed by atoms with Gasteiger partial charge in [-0.2, -0.15) is 0 Å². The number of aromatic nitrogens is 3. The number of hydrogen-bond donors (Lipinski definition) is 0. The van der Waals surface area contributed by atoms with Gasteiger partial charge in [0, 0.05) is 30.3 Å². The van der Waals surface area contributed by atoms with Crippen LogP contribution in [0, 0.1) is 31.4 Å². The highest BCUT2D eigenvalue weighted by Gasteiger charge is 2.37. The molecular formula is C26H26F2N4O2. The fourth-order valence-electron chi connectivity index (χ4n) is 4.90. The molecule has 0 radical (unpaired) electrons. The third-order valence-corrected chi connectivity index (χ3v) is 6.34. The Balaban J connectivity index is 1.65. The molecule has 6 nitrogen and oxygen atoms in total. The normalized spacial score (nSPS) is 16.4.